The quantitative estimate of drug-likeness (QED) is 0.939. The first-order valence-corrected chi connectivity index (χ1v) is 8.05. The van der Waals surface area contributed by atoms with Crippen molar-refractivity contribution in [3.05, 3.63) is 54.0 Å². The van der Waals surface area contributed by atoms with Gasteiger partial charge in [-0.1, -0.05) is 30.3 Å². The second kappa shape index (κ2) is 6.77. The molecule has 0 saturated carbocycles. The molecule has 2 unspecified atom stereocenters. The van der Waals surface area contributed by atoms with Crippen molar-refractivity contribution in [3.8, 4) is 0 Å². The van der Waals surface area contributed by atoms with Crippen molar-refractivity contribution < 1.29 is 4.79 Å². The molecule has 0 bridgehead atoms. The molecule has 1 saturated heterocycles. The molecule has 5 heteroatoms. The summed E-state index contributed by atoms with van der Waals surface area (Å²) in [5, 5.41) is 0. The third kappa shape index (κ3) is 3.67. The standard InChI is InChI=1S/C18H22N4O/c1-13-7-8-15(18(19)23)12-22(13)17-9-10-20-16(21-17)11-14-5-3-2-4-6-14/h2-6,9-10,13,15H,7-8,11-12H2,1H3,(H2,19,23). The Hall–Kier alpha value is -2.43. The molecular formula is C18H22N4O. The minimum absolute atomic E-state index is 0.0984. The highest BCUT2D eigenvalue weighted by atomic mass is 16.1. The Bertz CT molecular complexity index is 674. The Morgan fingerprint density at radius 2 is 2.04 bits per heavy atom. The summed E-state index contributed by atoms with van der Waals surface area (Å²) in [5.41, 5.74) is 6.67. The summed E-state index contributed by atoms with van der Waals surface area (Å²) >= 11 is 0. The van der Waals surface area contributed by atoms with Gasteiger partial charge in [0.05, 0.1) is 5.92 Å². The highest BCUT2D eigenvalue weighted by molar-refractivity contribution is 5.77. The average molecular weight is 310 g/mol. The number of hydrogen-bond donors (Lipinski definition) is 1. The van der Waals surface area contributed by atoms with Crippen LogP contribution in [-0.4, -0.2) is 28.5 Å². The highest BCUT2D eigenvalue weighted by Gasteiger charge is 2.29. The van der Waals surface area contributed by atoms with Crippen molar-refractivity contribution in [3.63, 3.8) is 0 Å². The number of aromatic nitrogens is 2. The molecule has 2 atom stereocenters. The van der Waals surface area contributed by atoms with Gasteiger partial charge >= 0.3 is 0 Å². The van der Waals surface area contributed by atoms with Gasteiger partial charge in [0.1, 0.15) is 11.6 Å². The predicted molar refractivity (Wildman–Crippen MR) is 90.0 cm³/mol. The van der Waals surface area contributed by atoms with Gasteiger partial charge in [-0.25, -0.2) is 9.97 Å². The lowest BCUT2D eigenvalue weighted by atomic mass is 9.93. The van der Waals surface area contributed by atoms with Crippen LogP contribution in [-0.2, 0) is 11.2 Å². The monoisotopic (exact) mass is 310 g/mol. The van der Waals surface area contributed by atoms with E-state index in [2.05, 4.69) is 28.9 Å². The molecule has 1 fully saturated rings. The molecule has 1 amide bonds. The van der Waals surface area contributed by atoms with Crippen molar-refractivity contribution in [1.82, 2.24) is 9.97 Å². The molecule has 1 aromatic heterocycles. The third-order valence-electron chi connectivity index (χ3n) is 4.47. The van der Waals surface area contributed by atoms with E-state index in [-0.39, 0.29) is 11.8 Å². The van der Waals surface area contributed by atoms with Gasteiger partial charge in [-0.05, 0) is 31.4 Å². The second-order valence-corrected chi connectivity index (χ2v) is 6.17. The van der Waals surface area contributed by atoms with E-state index in [4.69, 9.17) is 10.7 Å². The second-order valence-electron chi connectivity index (χ2n) is 6.17. The summed E-state index contributed by atoms with van der Waals surface area (Å²) in [6.07, 6.45) is 4.30. The van der Waals surface area contributed by atoms with Crippen LogP contribution in [0.25, 0.3) is 0 Å². The van der Waals surface area contributed by atoms with Gasteiger partial charge < -0.3 is 10.6 Å². The molecule has 120 valence electrons. The summed E-state index contributed by atoms with van der Waals surface area (Å²) in [6.45, 7) is 2.80. The number of rotatable bonds is 4. The van der Waals surface area contributed by atoms with Crippen molar-refractivity contribution >= 4 is 11.7 Å². The maximum atomic E-state index is 11.5. The lowest BCUT2D eigenvalue weighted by Crippen LogP contribution is -2.46. The first-order valence-electron chi connectivity index (χ1n) is 8.05. The number of nitrogens with two attached hydrogens (primary N) is 1. The topological polar surface area (TPSA) is 72.1 Å². The molecule has 1 aromatic carbocycles. The summed E-state index contributed by atoms with van der Waals surface area (Å²) in [6, 6.07) is 12.4. The number of piperidine rings is 1. The minimum Gasteiger partial charge on any atom is -0.369 e. The molecule has 0 spiro atoms. The summed E-state index contributed by atoms with van der Waals surface area (Å²) in [7, 11) is 0. The number of anilines is 1. The van der Waals surface area contributed by atoms with Gasteiger partial charge in [-0.3, -0.25) is 4.79 Å². The first kappa shape index (κ1) is 15.5. The van der Waals surface area contributed by atoms with E-state index in [0.29, 0.717) is 19.0 Å². The summed E-state index contributed by atoms with van der Waals surface area (Å²) in [5.74, 6) is 1.35. The van der Waals surface area contributed by atoms with Crippen LogP contribution in [0.4, 0.5) is 5.82 Å². The number of carbonyl (C=O) groups excluding carboxylic acids is 1. The van der Waals surface area contributed by atoms with E-state index in [0.717, 1.165) is 24.5 Å². The van der Waals surface area contributed by atoms with Crippen LogP contribution in [0, 0.1) is 5.92 Å². The van der Waals surface area contributed by atoms with E-state index in [1.807, 2.05) is 24.3 Å². The van der Waals surface area contributed by atoms with Gasteiger partial charge in [0.2, 0.25) is 5.91 Å². The van der Waals surface area contributed by atoms with E-state index < -0.39 is 0 Å². The molecule has 2 N–H and O–H groups in total. The molecule has 0 radical (unpaired) electrons. The summed E-state index contributed by atoms with van der Waals surface area (Å²) < 4.78 is 0. The molecule has 2 aromatic rings. The summed E-state index contributed by atoms with van der Waals surface area (Å²) in [4.78, 5) is 22.8. The predicted octanol–water partition coefficient (Wildman–Crippen LogP) is 2.16. The normalized spacial score (nSPS) is 21.2. The van der Waals surface area contributed by atoms with Crippen molar-refractivity contribution in [2.24, 2.45) is 11.7 Å². The zero-order valence-corrected chi connectivity index (χ0v) is 13.4. The lowest BCUT2D eigenvalue weighted by Gasteiger charge is -2.37. The van der Waals surface area contributed by atoms with Crippen LogP contribution >= 0.6 is 0 Å². The Kier molecular flexibility index (Phi) is 4.55. The first-order chi connectivity index (χ1) is 11.1. The Morgan fingerprint density at radius 3 is 2.78 bits per heavy atom. The van der Waals surface area contributed by atoms with Gasteiger partial charge in [-0.15, -0.1) is 0 Å². The molecule has 23 heavy (non-hydrogen) atoms. The van der Waals surface area contributed by atoms with E-state index in [9.17, 15) is 4.79 Å². The van der Waals surface area contributed by atoms with Crippen LogP contribution in [0.1, 0.15) is 31.2 Å². The zero-order valence-electron chi connectivity index (χ0n) is 13.4. The van der Waals surface area contributed by atoms with Crippen molar-refractivity contribution in [2.75, 3.05) is 11.4 Å². The van der Waals surface area contributed by atoms with E-state index in [1.54, 1.807) is 6.20 Å². The van der Waals surface area contributed by atoms with Crippen molar-refractivity contribution in [1.29, 1.82) is 0 Å². The van der Waals surface area contributed by atoms with E-state index >= 15 is 0 Å². The maximum Gasteiger partial charge on any atom is 0.222 e. The van der Waals surface area contributed by atoms with Gasteiger partial charge in [0, 0.05) is 25.2 Å². The van der Waals surface area contributed by atoms with Gasteiger partial charge in [0.15, 0.2) is 0 Å². The Morgan fingerprint density at radius 1 is 1.26 bits per heavy atom. The number of nitrogens with zero attached hydrogens (tertiary/aromatic N) is 3. The van der Waals surface area contributed by atoms with Crippen LogP contribution in [0.5, 0.6) is 0 Å². The Balaban J connectivity index is 1.79. The van der Waals surface area contributed by atoms with Gasteiger partial charge in [0.25, 0.3) is 0 Å². The number of primary amides is 1. The van der Waals surface area contributed by atoms with Crippen molar-refractivity contribution in [2.45, 2.75) is 32.2 Å². The highest BCUT2D eigenvalue weighted by Crippen LogP contribution is 2.26. The molecule has 1 aliphatic heterocycles. The maximum absolute atomic E-state index is 11.5. The van der Waals surface area contributed by atoms with Crippen LogP contribution < -0.4 is 10.6 Å². The molecule has 2 heterocycles. The third-order valence-corrected chi connectivity index (χ3v) is 4.47. The SMILES string of the molecule is CC1CCC(C(N)=O)CN1c1ccnc(Cc2ccccc2)n1. The van der Waals surface area contributed by atoms with Crippen LogP contribution in [0.3, 0.4) is 0 Å². The smallest absolute Gasteiger partial charge is 0.222 e. The Labute approximate surface area is 136 Å². The molecule has 0 aliphatic carbocycles. The fraction of sp³-hybridized carbons (Fsp3) is 0.389. The number of amides is 1. The number of carbonyl (C=O) groups is 1. The largest absolute Gasteiger partial charge is 0.369 e. The molecule has 1 aliphatic rings. The van der Waals surface area contributed by atoms with Gasteiger partial charge in [-0.2, -0.15) is 0 Å². The van der Waals surface area contributed by atoms with Crippen LogP contribution in [0.2, 0.25) is 0 Å². The molecule has 3 rings (SSSR count). The molecular weight excluding hydrogens is 288 g/mol. The lowest BCUT2D eigenvalue weighted by molar-refractivity contribution is -0.122. The zero-order chi connectivity index (χ0) is 16.2. The number of hydrogen-bond acceptors (Lipinski definition) is 4. The number of benzene rings is 1. The van der Waals surface area contributed by atoms with E-state index in [1.165, 1.54) is 5.56 Å². The van der Waals surface area contributed by atoms with Crippen LogP contribution in [0.15, 0.2) is 42.6 Å². The fourth-order valence-corrected chi connectivity index (χ4v) is 3.07. The fourth-order valence-electron chi connectivity index (χ4n) is 3.07. The average Bonchev–Trinajstić information content (AvgIpc) is 2.56. The minimum atomic E-state index is -0.222. The molecule has 5 nitrogen and oxygen atoms in total.